The van der Waals surface area contributed by atoms with Crippen LogP contribution in [-0.4, -0.2) is 5.11 Å². The topological polar surface area (TPSA) is 33.4 Å². The molecule has 2 nitrogen and oxygen atoms in total. The van der Waals surface area contributed by atoms with E-state index in [0.29, 0.717) is 10.1 Å². The van der Waals surface area contributed by atoms with Crippen molar-refractivity contribution in [3.05, 3.63) is 40.9 Å². The van der Waals surface area contributed by atoms with E-state index in [0.717, 1.165) is 16.4 Å². The van der Waals surface area contributed by atoms with Gasteiger partial charge in [-0.2, -0.15) is 0 Å². The summed E-state index contributed by atoms with van der Waals surface area (Å²) in [5.41, 5.74) is 1.54. The van der Waals surface area contributed by atoms with Crippen LogP contribution in [0.4, 0.5) is 0 Å². The van der Waals surface area contributed by atoms with Crippen molar-refractivity contribution in [1.82, 2.24) is 0 Å². The third-order valence-corrected chi connectivity index (χ3v) is 3.08. The highest BCUT2D eigenvalue weighted by molar-refractivity contribution is 9.10. The maximum atomic E-state index is 9.54. The van der Waals surface area contributed by atoms with E-state index < -0.39 is 0 Å². The van der Waals surface area contributed by atoms with Crippen LogP contribution < -0.4 is 0 Å². The van der Waals surface area contributed by atoms with Gasteiger partial charge < -0.3 is 9.52 Å². The molecule has 0 aliphatic rings. The molecule has 0 unspecified atom stereocenters. The van der Waals surface area contributed by atoms with Crippen LogP contribution in [0.5, 0.6) is 5.75 Å². The van der Waals surface area contributed by atoms with Gasteiger partial charge in [0, 0.05) is 16.8 Å². The first-order valence-corrected chi connectivity index (χ1v) is 5.35. The fourth-order valence-electron chi connectivity index (χ4n) is 1.73. The molecule has 0 radical (unpaired) electrons. The van der Waals surface area contributed by atoms with E-state index in [-0.39, 0.29) is 5.75 Å². The van der Waals surface area contributed by atoms with Crippen molar-refractivity contribution in [3.63, 3.8) is 0 Å². The van der Waals surface area contributed by atoms with Crippen LogP contribution in [0.2, 0.25) is 0 Å². The molecule has 1 aromatic heterocycles. The van der Waals surface area contributed by atoms with E-state index in [1.54, 1.807) is 6.07 Å². The minimum atomic E-state index is 0.196. The van der Waals surface area contributed by atoms with Crippen molar-refractivity contribution in [1.29, 1.82) is 0 Å². The minimum absolute atomic E-state index is 0.196. The molecule has 0 aliphatic heterocycles. The predicted octanol–water partition coefficient (Wildman–Crippen LogP) is 4.05. The third kappa shape index (κ3) is 1.23. The summed E-state index contributed by atoms with van der Waals surface area (Å²) in [5.74, 6) is 0.196. The number of rotatable bonds is 0. The number of phenols is 1. The molecular weight excluding hydrogens is 256 g/mol. The first kappa shape index (κ1) is 8.80. The zero-order chi connectivity index (χ0) is 10.4. The summed E-state index contributed by atoms with van der Waals surface area (Å²) in [4.78, 5) is 0. The number of benzene rings is 2. The van der Waals surface area contributed by atoms with Crippen molar-refractivity contribution < 1.29 is 9.52 Å². The second kappa shape index (κ2) is 3.00. The summed E-state index contributed by atoms with van der Waals surface area (Å²) in [5, 5.41) is 11.6. The first-order chi connectivity index (χ1) is 7.25. The van der Waals surface area contributed by atoms with Crippen molar-refractivity contribution in [2.24, 2.45) is 0 Å². The Hall–Kier alpha value is -1.48. The Kier molecular flexibility index (Phi) is 1.76. The minimum Gasteiger partial charge on any atom is -0.507 e. The van der Waals surface area contributed by atoms with Crippen molar-refractivity contribution >= 4 is 37.9 Å². The molecule has 0 atom stereocenters. The Bertz CT molecular complexity index is 655. The third-order valence-electron chi connectivity index (χ3n) is 2.45. The number of furan rings is 1. The van der Waals surface area contributed by atoms with Crippen LogP contribution in [0.25, 0.3) is 21.9 Å². The van der Waals surface area contributed by atoms with Gasteiger partial charge in [0.15, 0.2) is 0 Å². The first-order valence-electron chi connectivity index (χ1n) is 4.55. The molecule has 0 saturated carbocycles. The predicted molar refractivity (Wildman–Crippen MR) is 63.1 cm³/mol. The molecule has 0 spiro atoms. The van der Waals surface area contributed by atoms with E-state index >= 15 is 0 Å². The van der Waals surface area contributed by atoms with E-state index in [4.69, 9.17) is 4.42 Å². The van der Waals surface area contributed by atoms with Crippen LogP contribution in [0.15, 0.2) is 45.3 Å². The summed E-state index contributed by atoms with van der Waals surface area (Å²) < 4.78 is 6.29. The van der Waals surface area contributed by atoms with Gasteiger partial charge in [-0.05, 0) is 28.1 Å². The van der Waals surface area contributed by atoms with Gasteiger partial charge in [0.05, 0.1) is 4.47 Å². The highest BCUT2D eigenvalue weighted by Gasteiger charge is 2.08. The van der Waals surface area contributed by atoms with E-state index in [1.165, 1.54) is 0 Å². The molecule has 2 aromatic carbocycles. The molecule has 0 saturated heterocycles. The van der Waals surface area contributed by atoms with Gasteiger partial charge in [-0.25, -0.2) is 0 Å². The molecule has 74 valence electrons. The fraction of sp³-hybridized carbons (Fsp3) is 0. The number of para-hydroxylation sites is 1. The lowest BCUT2D eigenvalue weighted by Crippen LogP contribution is -1.69. The lowest BCUT2D eigenvalue weighted by Gasteiger charge is -1.95. The number of hydrogen-bond acceptors (Lipinski definition) is 2. The normalized spacial score (nSPS) is 11.3. The molecule has 0 fully saturated rings. The Morgan fingerprint density at radius 1 is 1.00 bits per heavy atom. The zero-order valence-electron chi connectivity index (χ0n) is 7.70. The molecule has 3 aromatic rings. The number of fused-ring (bicyclic) bond motifs is 3. The van der Waals surface area contributed by atoms with Gasteiger partial charge in [0.1, 0.15) is 16.9 Å². The van der Waals surface area contributed by atoms with Gasteiger partial charge in [-0.1, -0.05) is 18.2 Å². The Balaban J connectivity index is 2.56. The monoisotopic (exact) mass is 262 g/mol. The van der Waals surface area contributed by atoms with Gasteiger partial charge in [0.2, 0.25) is 0 Å². The average Bonchev–Trinajstić information content (AvgIpc) is 2.57. The lowest BCUT2D eigenvalue weighted by molar-refractivity contribution is 0.471. The molecule has 1 N–H and O–H groups in total. The van der Waals surface area contributed by atoms with E-state index in [2.05, 4.69) is 15.9 Å². The van der Waals surface area contributed by atoms with Gasteiger partial charge in [0.25, 0.3) is 0 Å². The second-order valence-corrected chi connectivity index (χ2v) is 4.25. The van der Waals surface area contributed by atoms with Gasteiger partial charge >= 0.3 is 0 Å². The largest absolute Gasteiger partial charge is 0.507 e. The van der Waals surface area contributed by atoms with Crippen LogP contribution in [0, 0.1) is 0 Å². The second-order valence-electron chi connectivity index (χ2n) is 3.40. The van der Waals surface area contributed by atoms with Crippen molar-refractivity contribution in [2.45, 2.75) is 0 Å². The highest BCUT2D eigenvalue weighted by atomic mass is 79.9. The van der Waals surface area contributed by atoms with Crippen LogP contribution in [0.1, 0.15) is 0 Å². The summed E-state index contributed by atoms with van der Waals surface area (Å²) in [7, 11) is 0. The lowest BCUT2D eigenvalue weighted by atomic mass is 10.1. The van der Waals surface area contributed by atoms with Crippen molar-refractivity contribution in [2.75, 3.05) is 0 Å². The molecule has 1 heterocycles. The summed E-state index contributed by atoms with van der Waals surface area (Å²) in [6, 6.07) is 11.3. The average molecular weight is 263 g/mol. The molecule has 3 heteroatoms. The van der Waals surface area contributed by atoms with Crippen LogP contribution in [-0.2, 0) is 0 Å². The molecule has 3 rings (SSSR count). The highest BCUT2D eigenvalue weighted by Crippen LogP contribution is 2.35. The molecular formula is C12H7BrO2. The van der Waals surface area contributed by atoms with Gasteiger partial charge in [-0.15, -0.1) is 0 Å². The Labute approximate surface area is 94.3 Å². The molecule has 0 amide bonds. The SMILES string of the molecule is Oc1cc2oc3ccccc3c2cc1Br. The number of hydrogen-bond donors (Lipinski definition) is 1. The zero-order valence-corrected chi connectivity index (χ0v) is 9.28. The maximum absolute atomic E-state index is 9.54. The Morgan fingerprint density at radius 2 is 1.80 bits per heavy atom. The van der Waals surface area contributed by atoms with E-state index in [9.17, 15) is 5.11 Å². The number of halogens is 1. The van der Waals surface area contributed by atoms with E-state index in [1.807, 2.05) is 30.3 Å². The molecule has 15 heavy (non-hydrogen) atoms. The maximum Gasteiger partial charge on any atom is 0.139 e. The van der Waals surface area contributed by atoms with Crippen LogP contribution >= 0.6 is 15.9 Å². The summed E-state index contributed by atoms with van der Waals surface area (Å²) >= 11 is 3.30. The summed E-state index contributed by atoms with van der Waals surface area (Å²) in [6.45, 7) is 0. The van der Waals surface area contributed by atoms with Gasteiger partial charge in [-0.3, -0.25) is 0 Å². The van der Waals surface area contributed by atoms with Crippen molar-refractivity contribution in [3.8, 4) is 5.75 Å². The molecule has 0 aliphatic carbocycles. The smallest absolute Gasteiger partial charge is 0.139 e. The fourth-order valence-corrected chi connectivity index (χ4v) is 2.08. The number of phenolic OH excluding ortho intramolecular Hbond substituents is 1. The van der Waals surface area contributed by atoms with Crippen LogP contribution in [0.3, 0.4) is 0 Å². The Morgan fingerprint density at radius 3 is 2.67 bits per heavy atom. The summed E-state index contributed by atoms with van der Waals surface area (Å²) in [6.07, 6.45) is 0. The number of aromatic hydroxyl groups is 1. The quantitative estimate of drug-likeness (QED) is 0.663. The molecule has 0 bridgehead atoms. The standard InChI is InChI=1S/C12H7BrO2/c13-9-5-8-7-3-1-2-4-11(7)15-12(8)6-10(9)14/h1-6,14H.